The maximum atomic E-state index is 12.2. The highest BCUT2D eigenvalue weighted by Crippen LogP contribution is 2.66. The molecular weight excluding hydrogens is 513 g/mol. The van der Waals surface area contributed by atoms with Crippen LogP contribution in [0, 0.1) is 11.8 Å². The van der Waals surface area contributed by atoms with E-state index in [9.17, 15) is 33.4 Å². The molecule has 0 aliphatic carbocycles. The Labute approximate surface area is 185 Å². The normalized spacial score (nSPS) is 30.0. The van der Waals surface area contributed by atoms with E-state index in [2.05, 4.69) is 30.0 Å². The highest BCUT2D eigenvalue weighted by Gasteiger charge is 2.57. The van der Waals surface area contributed by atoms with Gasteiger partial charge in [-0.2, -0.15) is 13.6 Å². The standard InChI is InChI=1S/C13H21N4O13P3/c1-3-5-13(15)10(18)9(27-11(13)17-6-4-8(14)16-12(17)19)7(2)28-32(23,24)30-33(25,26)29-31(20,21)22/h4,6-7,9-11,18H,15H2,1-2H3,(H,23,24)(H,25,26)(H2,14,16,19)(H2,20,21,22)/t7-,9-,10+,11-,13?/m1/s1. The topological polar surface area (TPSA) is 276 Å². The minimum atomic E-state index is -5.76. The number of aliphatic hydroxyl groups is 1. The summed E-state index contributed by atoms with van der Waals surface area (Å²) in [5.41, 5.74) is 8.75. The number of rotatable bonds is 8. The van der Waals surface area contributed by atoms with Gasteiger partial charge in [0.15, 0.2) is 11.8 Å². The van der Waals surface area contributed by atoms with Crippen molar-refractivity contribution in [2.24, 2.45) is 5.73 Å². The van der Waals surface area contributed by atoms with Crippen molar-refractivity contribution in [2.45, 2.75) is 43.9 Å². The van der Waals surface area contributed by atoms with E-state index in [0.717, 1.165) is 17.7 Å². The van der Waals surface area contributed by atoms with Crippen molar-refractivity contribution in [1.82, 2.24) is 9.55 Å². The van der Waals surface area contributed by atoms with Gasteiger partial charge in [0.1, 0.15) is 18.0 Å². The molecule has 0 spiro atoms. The van der Waals surface area contributed by atoms with Crippen molar-refractivity contribution in [3.05, 3.63) is 22.7 Å². The summed E-state index contributed by atoms with van der Waals surface area (Å²) in [4.78, 5) is 51.9. The van der Waals surface area contributed by atoms with E-state index in [-0.39, 0.29) is 5.82 Å². The number of ether oxygens (including phenoxy) is 1. The lowest BCUT2D eigenvalue weighted by atomic mass is 9.90. The third-order valence-electron chi connectivity index (χ3n) is 4.12. The monoisotopic (exact) mass is 534 g/mol. The number of hydrogen-bond acceptors (Lipinski definition) is 12. The summed E-state index contributed by atoms with van der Waals surface area (Å²) in [5, 5.41) is 10.7. The molecule has 20 heteroatoms. The lowest BCUT2D eigenvalue weighted by Gasteiger charge is -2.28. The van der Waals surface area contributed by atoms with Gasteiger partial charge in [-0.05, 0) is 19.9 Å². The minimum absolute atomic E-state index is 0.114. The Morgan fingerprint density at radius 1 is 1.24 bits per heavy atom. The number of aliphatic hydroxyl groups excluding tert-OH is 1. The molecule has 1 aliphatic heterocycles. The van der Waals surface area contributed by atoms with Gasteiger partial charge in [0.2, 0.25) is 0 Å². The van der Waals surface area contributed by atoms with E-state index in [1.54, 1.807) is 0 Å². The molecule has 0 bridgehead atoms. The van der Waals surface area contributed by atoms with Crippen LogP contribution in [0.3, 0.4) is 0 Å². The predicted molar refractivity (Wildman–Crippen MR) is 108 cm³/mol. The average Bonchev–Trinajstić information content (AvgIpc) is 2.83. The molecular formula is C13H21N4O13P3. The van der Waals surface area contributed by atoms with Crippen molar-refractivity contribution >= 4 is 29.3 Å². The maximum absolute atomic E-state index is 12.2. The van der Waals surface area contributed by atoms with E-state index < -0.39 is 59.2 Å². The fraction of sp³-hybridized carbons (Fsp3) is 0.538. The van der Waals surface area contributed by atoms with Crippen molar-refractivity contribution in [3.8, 4) is 11.8 Å². The number of nitrogen functional groups attached to an aromatic ring is 1. The smallest absolute Gasteiger partial charge is 0.387 e. The molecule has 17 nitrogen and oxygen atoms in total. The molecule has 2 rings (SSSR count). The Hall–Kier alpha value is -1.47. The van der Waals surface area contributed by atoms with Gasteiger partial charge in [-0.25, -0.2) is 18.5 Å². The van der Waals surface area contributed by atoms with Crippen molar-refractivity contribution in [1.29, 1.82) is 0 Å². The van der Waals surface area contributed by atoms with Gasteiger partial charge in [0.05, 0.1) is 6.10 Å². The third-order valence-corrected chi connectivity index (χ3v) is 8.05. The summed E-state index contributed by atoms with van der Waals surface area (Å²) in [6, 6.07) is 1.24. The summed E-state index contributed by atoms with van der Waals surface area (Å²) < 4.78 is 52.6. The predicted octanol–water partition coefficient (Wildman–Crippen LogP) is -1.46. The molecule has 1 saturated heterocycles. The molecule has 3 unspecified atom stereocenters. The number of nitrogens with two attached hydrogens (primary N) is 2. The van der Waals surface area contributed by atoms with Crippen LogP contribution in [0.5, 0.6) is 0 Å². The lowest BCUT2D eigenvalue weighted by Crippen LogP contribution is -2.55. The van der Waals surface area contributed by atoms with E-state index >= 15 is 0 Å². The third kappa shape index (κ3) is 6.78. The van der Waals surface area contributed by atoms with Gasteiger partial charge in [0.25, 0.3) is 0 Å². The van der Waals surface area contributed by atoms with Gasteiger partial charge in [-0.15, -0.1) is 5.92 Å². The van der Waals surface area contributed by atoms with E-state index in [1.165, 1.54) is 13.0 Å². The van der Waals surface area contributed by atoms with E-state index in [4.69, 9.17) is 26.0 Å². The number of aromatic nitrogens is 2. The molecule has 1 fully saturated rings. The average molecular weight is 534 g/mol. The second-order valence-corrected chi connectivity index (χ2v) is 11.0. The fourth-order valence-corrected chi connectivity index (χ4v) is 6.14. The molecule has 0 saturated carbocycles. The Morgan fingerprint density at radius 2 is 1.85 bits per heavy atom. The molecule has 2 heterocycles. The van der Waals surface area contributed by atoms with Crippen LogP contribution in [-0.2, 0) is 31.6 Å². The first kappa shape index (κ1) is 27.8. The Balaban J connectivity index is 2.31. The molecule has 186 valence electrons. The van der Waals surface area contributed by atoms with Crippen LogP contribution in [0.25, 0.3) is 0 Å². The van der Waals surface area contributed by atoms with Crippen molar-refractivity contribution in [2.75, 3.05) is 5.73 Å². The molecule has 1 aliphatic rings. The minimum Gasteiger partial charge on any atom is -0.387 e. The molecule has 33 heavy (non-hydrogen) atoms. The van der Waals surface area contributed by atoms with E-state index in [0.29, 0.717) is 0 Å². The summed E-state index contributed by atoms with van der Waals surface area (Å²) in [7, 11) is -16.9. The zero-order chi connectivity index (χ0) is 25.4. The fourth-order valence-electron chi connectivity index (χ4n) is 2.94. The van der Waals surface area contributed by atoms with Gasteiger partial charge in [-0.1, -0.05) is 5.92 Å². The van der Waals surface area contributed by atoms with Gasteiger partial charge < -0.3 is 40.9 Å². The number of anilines is 1. The number of nitrogens with zero attached hydrogens (tertiary/aromatic N) is 2. The number of phosphoric acid groups is 3. The summed E-state index contributed by atoms with van der Waals surface area (Å²) in [6.07, 6.45) is -5.29. The summed E-state index contributed by atoms with van der Waals surface area (Å²) in [6.45, 7) is 2.45. The van der Waals surface area contributed by atoms with Crippen LogP contribution in [0.2, 0.25) is 0 Å². The first-order chi connectivity index (χ1) is 14.9. The maximum Gasteiger partial charge on any atom is 0.490 e. The second kappa shape index (κ2) is 9.65. The Morgan fingerprint density at radius 3 is 2.36 bits per heavy atom. The molecule has 7 atom stereocenters. The van der Waals surface area contributed by atoms with Crippen molar-refractivity contribution in [3.63, 3.8) is 0 Å². The second-order valence-electron chi connectivity index (χ2n) is 6.65. The SMILES string of the molecule is CC#CC1(N)[C@@H](O)[C@@H]([C@@H](C)OP(=O)(O)OP(=O)(O)OP(=O)(O)O)O[C@H]1n1ccc(N)nc1=O. The first-order valence-electron chi connectivity index (χ1n) is 8.64. The zero-order valence-electron chi connectivity index (χ0n) is 16.9. The number of phosphoric ester groups is 1. The molecule has 0 amide bonds. The first-order valence-corrected chi connectivity index (χ1v) is 13.2. The molecule has 0 aromatic carbocycles. The highest BCUT2D eigenvalue weighted by atomic mass is 31.3. The van der Waals surface area contributed by atoms with E-state index in [1.807, 2.05) is 0 Å². The largest absolute Gasteiger partial charge is 0.490 e. The van der Waals surface area contributed by atoms with Crippen LogP contribution in [0.1, 0.15) is 20.1 Å². The van der Waals surface area contributed by atoms with Crippen LogP contribution < -0.4 is 17.2 Å². The molecule has 9 N–H and O–H groups in total. The summed E-state index contributed by atoms with van der Waals surface area (Å²) >= 11 is 0. The van der Waals surface area contributed by atoms with Crippen LogP contribution in [0.15, 0.2) is 17.1 Å². The lowest BCUT2D eigenvalue weighted by molar-refractivity contribution is -0.0754. The van der Waals surface area contributed by atoms with Crippen LogP contribution in [-0.4, -0.2) is 58.1 Å². The zero-order valence-corrected chi connectivity index (χ0v) is 19.5. The van der Waals surface area contributed by atoms with Crippen molar-refractivity contribution < 1.29 is 56.3 Å². The van der Waals surface area contributed by atoms with Gasteiger partial charge in [0, 0.05) is 6.20 Å². The van der Waals surface area contributed by atoms with Gasteiger partial charge >= 0.3 is 29.2 Å². The molecule has 0 radical (unpaired) electrons. The van der Waals surface area contributed by atoms with Crippen LogP contribution in [0.4, 0.5) is 5.82 Å². The quantitative estimate of drug-likeness (QED) is 0.148. The van der Waals surface area contributed by atoms with Crippen LogP contribution >= 0.6 is 23.5 Å². The Bertz CT molecular complexity index is 1160. The molecule has 1 aromatic heterocycles. The number of hydrogen-bond donors (Lipinski definition) is 7. The highest BCUT2D eigenvalue weighted by molar-refractivity contribution is 7.66. The van der Waals surface area contributed by atoms with Gasteiger partial charge in [-0.3, -0.25) is 9.09 Å². The molecule has 1 aromatic rings. The summed E-state index contributed by atoms with van der Waals surface area (Å²) in [5.74, 6) is 4.85. The Kier molecular flexibility index (Phi) is 8.12.